The largest absolute Gasteiger partial charge is 0.481 e. The average Bonchev–Trinajstić information content (AvgIpc) is 3.89. The zero-order chi connectivity index (χ0) is 37.8. The molecule has 2 fully saturated rings. The molecule has 0 saturated carbocycles. The van der Waals surface area contributed by atoms with Crippen LogP contribution in [0.1, 0.15) is 70.8 Å². The number of pyridine rings is 2. The van der Waals surface area contributed by atoms with Gasteiger partial charge in [0.05, 0.1) is 17.7 Å². The molecule has 3 aliphatic rings. The number of carbonyl (C=O) groups excluding carboxylic acids is 3. The molecule has 2 aromatic carbocycles. The van der Waals surface area contributed by atoms with E-state index in [2.05, 4.69) is 52.5 Å². The molecule has 2 saturated heterocycles. The van der Waals surface area contributed by atoms with Crippen molar-refractivity contribution < 1.29 is 23.9 Å². The van der Waals surface area contributed by atoms with Gasteiger partial charge in [-0.3, -0.25) is 14.4 Å². The molecular weight excluding hydrogens is 797 g/mol. The first kappa shape index (κ1) is 38.0. The number of rotatable bonds is 14. The van der Waals surface area contributed by atoms with Gasteiger partial charge in [-0.05, 0) is 82.1 Å². The number of hydrogen-bond acceptors (Lipinski definition) is 9. The molecule has 0 bridgehead atoms. The number of nitrogens with zero attached hydrogens (tertiary/aromatic N) is 2. The maximum atomic E-state index is 13.5. The molecule has 282 valence electrons. The number of methoxy groups -OCH3 is 1. The fraction of sp³-hybridized carbons (Fsp3) is 0.359. The third-order valence-electron chi connectivity index (χ3n) is 9.93. The minimum absolute atomic E-state index is 0.0779. The van der Waals surface area contributed by atoms with Crippen molar-refractivity contribution in [2.75, 3.05) is 25.5 Å². The van der Waals surface area contributed by atoms with Crippen molar-refractivity contribution in [3.63, 3.8) is 0 Å². The SMILES string of the molecule is COc1nc(O[C@H]2CCc3c(-c4cccc(C(=O)Nc5ccc(CNC[C@@H]6CCC(=O)N6)c(Br)n5)c4Cl)cccc32)c(Cl)cc1CNC[C@@H]1CCC(=O)N1. The Labute approximate surface area is 331 Å². The molecule has 4 aromatic rings. The quantitative estimate of drug-likeness (QED) is 0.0924. The number of carbonyl (C=O) groups is 3. The van der Waals surface area contributed by atoms with E-state index >= 15 is 0 Å². The van der Waals surface area contributed by atoms with E-state index in [4.69, 9.17) is 32.7 Å². The molecule has 12 nitrogen and oxygen atoms in total. The molecular formula is C39H40BrCl2N7O5. The Morgan fingerprint density at radius 2 is 1.54 bits per heavy atom. The number of nitrogens with one attached hydrogen (secondary N) is 5. The van der Waals surface area contributed by atoms with Gasteiger partial charge in [-0.25, -0.2) is 4.98 Å². The number of hydrogen-bond donors (Lipinski definition) is 5. The molecule has 5 N–H and O–H groups in total. The molecule has 0 unspecified atom stereocenters. The van der Waals surface area contributed by atoms with E-state index in [0.29, 0.717) is 77.4 Å². The molecule has 3 atom stereocenters. The van der Waals surface area contributed by atoms with E-state index in [1.807, 2.05) is 36.4 Å². The van der Waals surface area contributed by atoms with Crippen LogP contribution in [-0.2, 0) is 29.1 Å². The van der Waals surface area contributed by atoms with Crippen LogP contribution < -0.4 is 36.1 Å². The zero-order valence-electron chi connectivity index (χ0n) is 29.6. The van der Waals surface area contributed by atoms with Crippen molar-refractivity contribution in [1.29, 1.82) is 0 Å². The third-order valence-corrected chi connectivity index (χ3v) is 11.3. The Morgan fingerprint density at radius 3 is 2.20 bits per heavy atom. The van der Waals surface area contributed by atoms with Crippen molar-refractivity contribution in [1.82, 2.24) is 31.2 Å². The fourth-order valence-corrected chi connectivity index (χ4v) is 8.19. The molecule has 15 heteroatoms. The summed E-state index contributed by atoms with van der Waals surface area (Å²) < 4.78 is 12.6. The number of benzene rings is 2. The fourth-order valence-electron chi connectivity index (χ4n) is 7.19. The summed E-state index contributed by atoms with van der Waals surface area (Å²) in [6.07, 6.45) is 3.87. The third kappa shape index (κ3) is 8.66. The zero-order valence-corrected chi connectivity index (χ0v) is 32.7. The topological polar surface area (TPSA) is 156 Å². The Hall–Kier alpha value is -4.27. The lowest BCUT2D eigenvalue weighted by atomic mass is 9.95. The van der Waals surface area contributed by atoms with Gasteiger partial charge in [0, 0.05) is 62.2 Å². The van der Waals surface area contributed by atoms with E-state index in [1.54, 1.807) is 25.3 Å². The molecule has 0 radical (unpaired) electrons. The van der Waals surface area contributed by atoms with Crippen LogP contribution in [0.4, 0.5) is 5.82 Å². The smallest absolute Gasteiger partial charge is 0.258 e. The summed E-state index contributed by atoms with van der Waals surface area (Å²) in [5.41, 5.74) is 5.77. The van der Waals surface area contributed by atoms with Crippen molar-refractivity contribution in [2.45, 2.75) is 69.8 Å². The Morgan fingerprint density at radius 1 is 0.852 bits per heavy atom. The second-order valence-corrected chi connectivity index (χ2v) is 15.1. The molecule has 2 aromatic heterocycles. The van der Waals surface area contributed by atoms with E-state index < -0.39 is 0 Å². The van der Waals surface area contributed by atoms with Crippen LogP contribution in [0.2, 0.25) is 10.0 Å². The molecule has 1 aliphatic carbocycles. The molecule has 54 heavy (non-hydrogen) atoms. The summed E-state index contributed by atoms with van der Waals surface area (Å²) in [5, 5.41) is 16.2. The Balaban J connectivity index is 1.01. The number of halogens is 3. The van der Waals surface area contributed by atoms with Gasteiger partial charge in [0.15, 0.2) is 0 Å². The summed E-state index contributed by atoms with van der Waals surface area (Å²) >= 11 is 17.2. The lowest BCUT2D eigenvalue weighted by molar-refractivity contribution is -0.120. The molecule has 0 spiro atoms. The summed E-state index contributed by atoms with van der Waals surface area (Å²) in [6, 6.07) is 17.1. The van der Waals surface area contributed by atoms with Crippen LogP contribution in [0.5, 0.6) is 11.8 Å². The maximum Gasteiger partial charge on any atom is 0.258 e. The molecule has 4 heterocycles. The minimum atomic E-state index is -0.378. The van der Waals surface area contributed by atoms with Crippen molar-refractivity contribution in [3.8, 4) is 22.9 Å². The second kappa shape index (κ2) is 17.0. The van der Waals surface area contributed by atoms with E-state index in [1.165, 1.54) is 0 Å². The second-order valence-electron chi connectivity index (χ2n) is 13.6. The predicted molar refractivity (Wildman–Crippen MR) is 210 cm³/mol. The van der Waals surface area contributed by atoms with Crippen LogP contribution in [-0.4, -0.2) is 60.0 Å². The maximum absolute atomic E-state index is 13.5. The highest BCUT2D eigenvalue weighted by Gasteiger charge is 2.29. The normalized spacial score (nSPS) is 19.0. The number of aromatic nitrogens is 2. The Bertz CT molecular complexity index is 2090. The van der Waals surface area contributed by atoms with Crippen molar-refractivity contribution >= 4 is 62.7 Å². The summed E-state index contributed by atoms with van der Waals surface area (Å²) in [4.78, 5) is 45.7. The molecule has 2 aliphatic heterocycles. The van der Waals surface area contributed by atoms with E-state index in [9.17, 15) is 14.4 Å². The average molecular weight is 838 g/mol. The summed E-state index contributed by atoms with van der Waals surface area (Å²) in [5.74, 6) is 0.861. The first-order valence-corrected chi connectivity index (χ1v) is 19.5. The Kier molecular flexibility index (Phi) is 12.0. The number of ether oxygens (including phenoxy) is 2. The summed E-state index contributed by atoms with van der Waals surface area (Å²) in [7, 11) is 1.56. The first-order valence-electron chi connectivity index (χ1n) is 17.9. The van der Waals surface area contributed by atoms with Gasteiger partial charge in [0.25, 0.3) is 5.91 Å². The lowest BCUT2D eigenvalue weighted by Crippen LogP contribution is -2.35. The monoisotopic (exact) mass is 835 g/mol. The van der Waals surface area contributed by atoms with Crippen LogP contribution in [0.25, 0.3) is 11.1 Å². The van der Waals surface area contributed by atoms with Gasteiger partial charge in [0.1, 0.15) is 21.5 Å². The highest BCUT2D eigenvalue weighted by Crippen LogP contribution is 2.43. The van der Waals surface area contributed by atoms with Crippen LogP contribution in [0.3, 0.4) is 0 Å². The van der Waals surface area contributed by atoms with E-state index in [-0.39, 0.29) is 41.8 Å². The minimum Gasteiger partial charge on any atom is -0.481 e. The van der Waals surface area contributed by atoms with E-state index in [0.717, 1.165) is 52.6 Å². The number of anilines is 1. The number of amides is 3. The van der Waals surface area contributed by atoms with Crippen LogP contribution in [0.15, 0.2) is 59.2 Å². The number of fused-ring (bicyclic) bond motifs is 1. The highest BCUT2D eigenvalue weighted by molar-refractivity contribution is 9.10. The van der Waals surface area contributed by atoms with Gasteiger partial charge in [-0.1, -0.05) is 59.6 Å². The van der Waals surface area contributed by atoms with Crippen LogP contribution in [0, 0.1) is 0 Å². The standard InChI is InChI=1S/C39H40BrCl2N7O5/c1-53-38-22(18-44-20-24-10-15-34(51)46-24)16-30(41)39(49-38)54-31-12-11-26-25(4-2-5-27(26)31)28-6-3-7-29(35(28)42)37(52)48-32-13-8-21(36(40)47-32)17-43-19-23-9-14-33(50)45-23/h2-8,13,16,23-24,31,43-44H,9-12,14-15,17-20H2,1H3,(H,45,50)(H,46,51)(H,47,48,52)/t23-,24-,31-/m0/s1. The van der Waals surface area contributed by atoms with Gasteiger partial charge < -0.3 is 36.1 Å². The highest BCUT2D eigenvalue weighted by atomic mass is 79.9. The van der Waals surface area contributed by atoms with Gasteiger partial charge in [-0.15, -0.1) is 0 Å². The van der Waals surface area contributed by atoms with Crippen LogP contribution >= 0.6 is 39.1 Å². The van der Waals surface area contributed by atoms with Gasteiger partial charge >= 0.3 is 0 Å². The molecule has 3 amide bonds. The van der Waals surface area contributed by atoms with Crippen molar-refractivity contribution in [3.05, 3.63) is 97.1 Å². The van der Waals surface area contributed by atoms with Gasteiger partial charge in [-0.2, -0.15) is 4.98 Å². The first-order chi connectivity index (χ1) is 26.2. The van der Waals surface area contributed by atoms with Crippen molar-refractivity contribution in [2.24, 2.45) is 0 Å². The molecule has 7 rings (SSSR count). The lowest BCUT2D eigenvalue weighted by Gasteiger charge is -2.18. The summed E-state index contributed by atoms with van der Waals surface area (Å²) in [6.45, 7) is 2.33. The van der Waals surface area contributed by atoms with Gasteiger partial charge in [0.2, 0.25) is 23.6 Å². The predicted octanol–water partition coefficient (Wildman–Crippen LogP) is 6.28.